The number of β-amino-alcohol motifs (C(OH)–C–C–N with tert-alkyl or cyclic N) is 1. The number of nitrogens with zero attached hydrogens (tertiary/aromatic N) is 2. The summed E-state index contributed by atoms with van der Waals surface area (Å²) in [6.45, 7) is 2.85. The molecule has 0 unspecified atom stereocenters. The molecule has 1 saturated heterocycles. The number of aromatic nitrogens is 1. The average Bonchev–Trinajstić information content (AvgIpc) is 3.12. The largest absolute Gasteiger partial charge is 0.493 e. The van der Waals surface area contributed by atoms with Gasteiger partial charge in [-0.25, -0.2) is 4.39 Å². The van der Waals surface area contributed by atoms with E-state index in [4.69, 9.17) is 9.47 Å². The molecule has 0 saturated carbocycles. The highest BCUT2D eigenvalue weighted by Gasteiger charge is 2.19. The van der Waals surface area contributed by atoms with E-state index in [-0.39, 0.29) is 11.9 Å². The van der Waals surface area contributed by atoms with Crippen LogP contribution in [0, 0.1) is 5.82 Å². The molecule has 6 heteroatoms. The first kappa shape index (κ1) is 18.7. The third-order valence-corrected chi connectivity index (χ3v) is 5.04. The van der Waals surface area contributed by atoms with E-state index >= 15 is 0 Å². The van der Waals surface area contributed by atoms with Gasteiger partial charge in [-0.05, 0) is 36.2 Å². The van der Waals surface area contributed by atoms with E-state index in [2.05, 4.69) is 9.88 Å². The van der Waals surface area contributed by atoms with Gasteiger partial charge in [-0.3, -0.25) is 9.88 Å². The summed E-state index contributed by atoms with van der Waals surface area (Å²) in [6, 6.07) is 12.2. The maximum absolute atomic E-state index is 13.5. The molecule has 2 heterocycles. The Bertz CT molecular complexity index is 979. The van der Waals surface area contributed by atoms with Crippen molar-refractivity contribution in [3.63, 3.8) is 0 Å². The Morgan fingerprint density at radius 3 is 2.82 bits per heavy atom. The molecular formula is C22H23FN2O3. The summed E-state index contributed by atoms with van der Waals surface area (Å²) >= 11 is 0. The smallest absolute Gasteiger partial charge is 0.163 e. The highest BCUT2D eigenvalue weighted by molar-refractivity contribution is 5.86. The Labute approximate surface area is 163 Å². The molecule has 1 aliphatic rings. The van der Waals surface area contributed by atoms with Crippen molar-refractivity contribution in [1.82, 2.24) is 9.88 Å². The summed E-state index contributed by atoms with van der Waals surface area (Å²) < 4.78 is 24.9. The molecule has 28 heavy (non-hydrogen) atoms. The molecule has 1 aliphatic heterocycles. The van der Waals surface area contributed by atoms with Crippen LogP contribution in [-0.2, 0) is 0 Å². The average molecular weight is 382 g/mol. The Balaban J connectivity index is 1.54. The molecule has 146 valence electrons. The van der Waals surface area contributed by atoms with Crippen molar-refractivity contribution in [2.75, 3.05) is 33.4 Å². The van der Waals surface area contributed by atoms with Gasteiger partial charge >= 0.3 is 0 Å². The van der Waals surface area contributed by atoms with Gasteiger partial charge in [0, 0.05) is 42.8 Å². The standard InChI is InChI=1S/C22H23FN2O3/c1-27-21-11-16-9-17(15-3-2-4-18(23)10-15)13-24-20(16)12-22(21)28-8-7-25-6-5-19(26)14-25/h2-4,9-13,19,26H,5-8,14H2,1H3/t19-/m1/s1. The summed E-state index contributed by atoms with van der Waals surface area (Å²) in [5.74, 6) is 0.998. The van der Waals surface area contributed by atoms with Gasteiger partial charge in [0.15, 0.2) is 11.5 Å². The fourth-order valence-corrected chi connectivity index (χ4v) is 3.53. The minimum absolute atomic E-state index is 0.230. The van der Waals surface area contributed by atoms with Gasteiger partial charge in [0.1, 0.15) is 12.4 Å². The maximum Gasteiger partial charge on any atom is 0.163 e. The van der Waals surface area contributed by atoms with Crippen LogP contribution < -0.4 is 9.47 Å². The third kappa shape index (κ3) is 4.08. The zero-order valence-electron chi connectivity index (χ0n) is 15.8. The van der Waals surface area contributed by atoms with E-state index in [1.807, 2.05) is 24.3 Å². The van der Waals surface area contributed by atoms with Crippen molar-refractivity contribution in [2.24, 2.45) is 0 Å². The fraction of sp³-hybridized carbons (Fsp3) is 0.318. The van der Waals surface area contributed by atoms with E-state index in [9.17, 15) is 9.50 Å². The van der Waals surface area contributed by atoms with Crippen molar-refractivity contribution in [3.8, 4) is 22.6 Å². The molecule has 1 N–H and O–H groups in total. The van der Waals surface area contributed by atoms with Gasteiger partial charge < -0.3 is 14.6 Å². The number of pyridine rings is 1. The summed E-state index contributed by atoms with van der Waals surface area (Å²) in [7, 11) is 1.61. The van der Waals surface area contributed by atoms with Crippen LogP contribution in [0.2, 0.25) is 0 Å². The second kappa shape index (κ2) is 8.12. The Hall–Kier alpha value is -2.70. The molecule has 0 aliphatic carbocycles. The number of halogens is 1. The van der Waals surface area contributed by atoms with Crippen LogP contribution in [0.4, 0.5) is 4.39 Å². The summed E-state index contributed by atoms with van der Waals surface area (Å²) in [6.07, 6.45) is 2.32. The molecule has 2 aromatic carbocycles. The lowest BCUT2D eigenvalue weighted by molar-refractivity contribution is 0.166. The molecule has 0 amide bonds. The second-order valence-electron chi connectivity index (χ2n) is 7.02. The van der Waals surface area contributed by atoms with E-state index < -0.39 is 0 Å². The van der Waals surface area contributed by atoms with Crippen LogP contribution in [0.1, 0.15) is 6.42 Å². The summed E-state index contributed by atoms with van der Waals surface area (Å²) in [5, 5.41) is 10.5. The van der Waals surface area contributed by atoms with Crippen molar-refractivity contribution >= 4 is 10.9 Å². The number of fused-ring (bicyclic) bond motifs is 1. The fourth-order valence-electron chi connectivity index (χ4n) is 3.53. The summed E-state index contributed by atoms with van der Waals surface area (Å²) in [4.78, 5) is 6.70. The van der Waals surface area contributed by atoms with Crippen molar-refractivity contribution in [3.05, 3.63) is 54.5 Å². The van der Waals surface area contributed by atoms with E-state index in [0.29, 0.717) is 24.7 Å². The normalized spacial score (nSPS) is 17.2. The van der Waals surface area contributed by atoms with Crippen LogP contribution in [0.3, 0.4) is 0 Å². The molecule has 1 fully saturated rings. The monoisotopic (exact) mass is 382 g/mol. The number of rotatable bonds is 6. The number of benzene rings is 2. The van der Waals surface area contributed by atoms with Gasteiger partial charge in [0.2, 0.25) is 0 Å². The number of aliphatic hydroxyl groups excluding tert-OH is 1. The lowest BCUT2D eigenvalue weighted by atomic mass is 10.1. The van der Waals surface area contributed by atoms with Gasteiger partial charge in [0.25, 0.3) is 0 Å². The van der Waals surface area contributed by atoms with Crippen LogP contribution in [-0.4, -0.2) is 54.4 Å². The molecule has 0 radical (unpaired) electrons. The maximum atomic E-state index is 13.5. The first-order valence-corrected chi connectivity index (χ1v) is 9.39. The predicted octanol–water partition coefficient (Wildman–Crippen LogP) is 3.49. The molecule has 0 spiro atoms. The van der Waals surface area contributed by atoms with E-state index in [1.54, 1.807) is 19.4 Å². The molecule has 4 rings (SSSR count). The SMILES string of the molecule is COc1cc2cc(-c3cccc(F)c3)cnc2cc1OCCN1CC[C@@H](O)C1. The third-order valence-electron chi connectivity index (χ3n) is 5.04. The Morgan fingerprint density at radius 2 is 2.07 bits per heavy atom. The van der Waals surface area contributed by atoms with Gasteiger partial charge in [0.05, 0.1) is 18.7 Å². The zero-order chi connectivity index (χ0) is 19.5. The Morgan fingerprint density at radius 1 is 1.18 bits per heavy atom. The van der Waals surface area contributed by atoms with Gasteiger partial charge in [-0.15, -0.1) is 0 Å². The highest BCUT2D eigenvalue weighted by atomic mass is 19.1. The number of likely N-dealkylation sites (tertiary alicyclic amines) is 1. The predicted molar refractivity (Wildman–Crippen MR) is 106 cm³/mol. The number of methoxy groups -OCH3 is 1. The van der Waals surface area contributed by atoms with Crippen LogP contribution in [0.15, 0.2) is 48.7 Å². The second-order valence-corrected chi connectivity index (χ2v) is 7.02. The lowest BCUT2D eigenvalue weighted by Gasteiger charge is -2.17. The van der Waals surface area contributed by atoms with Crippen molar-refractivity contribution < 1.29 is 19.0 Å². The first-order valence-electron chi connectivity index (χ1n) is 9.39. The van der Waals surface area contributed by atoms with Crippen LogP contribution in [0.25, 0.3) is 22.0 Å². The van der Waals surface area contributed by atoms with E-state index in [0.717, 1.165) is 41.5 Å². The molecule has 1 aromatic heterocycles. The first-order chi connectivity index (χ1) is 13.6. The lowest BCUT2D eigenvalue weighted by Crippen LogP contribution is -2.27. The molecule has 1 atom stereocenters. The number of hydrogen-bond acceptors (Lipinski definition) is 5. The minimum atomic E-state index is -0.274. The molecule has 3 aromatic rings. The number of aliphatic hydroxyl groups is 1. The minimum Gasteiger partial charge on any atom is -0.493 e. The number of hydrogen-bond donors (Lipinski definition) is 1. The number of ether oxygens (including phenoxy) is 2. The van der Waals surface area contributed by atoms with Crippen LogP contribution in [0.5, 0.6) is 11.5 Å². The molecular weight excluding hydrogens is 359 g/mol. The Kier molecular flexibility index (Phi) is 5.41. The quantitative estimate of drug-likeness (QED) is 0.707. The van der Waals surface area contributed by atoms with Crippen molar-refractivity contribution in [1.29, 1.82) is 0 Å². The topological polar surface area (TPSA) is 54.8 Å². The van der Waals surface area contributed by atoms with Gasteiger partial charge in [-0.2, -0.15) is 0 Å². The van der Waals surface area contributed by atoms with E-state index in [1.165, 1.54) is 12.1 Å². The van der Waals surface area contributed by atoms with Crippen LogP contribution >= 0.6 is 0 Å². The molecule has 5 nitrogen and oxygen atoms in total. The highest BCUT2D eigenvalue weighted by Crippen LogP contribution is 2.33. The summed E-state index contributed by atoms with van der Waals surface area (Å²) in [5.41, 5.74) is 2.41. The van der Waals surface area contributed by atoms with Crippen molar-refractivity contribution in [2.45, 2.75) is 12.5 Å². The zero-order valence-corrected chi connectivity index (χ0v) is 15.8. The molecule has 0 bridgehead atoms. The van der Waals surface area contributed by atoms with Gasteiger partial charge in [-0.1, -0.05) is 12.1 Å².